The maximum Gasteiger partial charge on any atom is 0.314 e. The maximum atomic E-state index is 10.6. The first-order valence-corrected chi connectivity index (χ1v) is 3.41. The van der Waals surface area contributed by atoms with Crippen molar-refractivity contribution in [3.05, 3.63) is 12.2 Å². The Morgan fingerprint density at radius 3 is 2.62 bits per heavy atom. The van der Waals surface area contributed by atoms with Crippen LogP contribution in [0.2, 0.25) is 0 Å². The highest BCUT2D eigenvalue weighted by Crippen LogP contribution is 2.14. The van der Waals surface area contributed by atoms with Crippen LogP contribution in [0.15, 0.2) is 6.33 Å². The van der Waals surface area contributed by atoms with Gasteiger partial charge in [-0.1, -0.05) is 0 Å². The molecule has 70 valence electrons. The Morgan fingerprint density at radius 1 is 1.54 bits per heavy atom. The van der Waals surface area contributed by atoms with Gasteiger partial charge in [0.15, 0.2) is 0 Å². The van der Waals surface area contributed by atoms with Crippen molar-refractivity contribution in [1.29, 1.82) is 0 Å². The summed E-state index contributed by atoms with van der Waals surface area (Å²) in [5, 5.41) is 22.8. The first kappa shape index (κ1) is 9.17. The van der Waals surface area contributed by atoms with Crippen LogP contribution in [0.5, 0.6) is 0 Å². The van der Waals surface area contributed by atoms with Crippen LogP contribution >= 0.6 is 0 Å². The molecule has 1 atom stereocenters. The number of nitrogens with one attached hydrogen (secondary N) is 1. The molecule has 0 saturated carbocycles. The molecule has 1 aromatic rings. The van der Waals surface area contributed by atoms with E-state index in [2.05, 4.69) is 15.2 Å². The van der Waals surface area contributed by atoms with Gasteiger partial charge < -0.3 is 10.2 Å². The van der Waals surface area contributed by atoms with E-state index in [0.717, 1.165) is 6.33 Å². The molecule has 0 amide bonds. The van der Waals surface area contributed by atoms with E-state index in [0.29, 0.717) is 0 Å². The maximum absolute atomic E-state index is 10.6. The average Bonchev–Trinajstić information content (AvgIpc) is 2.50. The van der Waals surface area contributed by atoms with Gasteiger partial charge in [0.25, 0.3) is 0 Å². The Hall–Kier alpha value is -1.92. The largest absolute Gasteiger partial charge is 0.481 e. The van der Waals surface area contributed by atoms with Crippen LogP contribution in [0.1, 0.15) is 18.2 Å². The molecule has 0 aliphatic carbocycles. The molecule has 1 heterocycles. The summed E-state index contributed by atoms with van der Waals surface area (Å²) < 4.78 is 0. The van der Waals surface area contributed by atoms with Crippen molar-refractivity contribution in [3.63, 3.8) is 0 Å². The predicted molar refractivity (Wildman–Crippen MR) is 39.0 cm³/mol. The molecule has 0 saturated heterocycles. The monoisotopic (exact) mass is 185 g/mol. The highest BCUT2D eigenvalue weighted by Gasteiger charge is 2.25. The Morgan fingerprint density at radius 2 is 2.23 bits per heavy atom. The van der Waals surface area contributed by atoms with Gasteiger partial charge in [0.1, 0.15) is 18.1 Å². The smallest absolute Gasteiger partial charge is 0.314 e. The fourth-order valence-corrected chi connectivity index (χ4v) is 0.858. The van der Waals surface area contributed by atoms with E-state index in [4.69, 9.17) is 10.2 Å². The van der Waals surface area contributed by atoms with E-state index in [1.165, 1.54) is 0 Å². The second-order valence-corrected chi connectivity index (χ2v) is 2.36. The number of carbonyl (C=O) groups is 2. The predicted octanol–water partition coefficient (Wildman–Crippen LogP) is -0.552. The molecule has 3 N–H and O–H groups in total. The summed E-state index contributed by atoms with van der Waals surface area (Å²) >= 11 is 0. The lowest BCUT2D eigenvalue weighted by Crippen LogP contribution is -2.17. The standard InChI is InChI=1S/C6H7N3O4/c10-4(11)1-3(6(12)13)5-7-2-8-9-5/h2-3H,1H2,(H,10,11)(H,12,13)(H,7,8,9). The summed E-state index contributed by atoms with van der Waals surface area (Å²) in [6.45, 7) is 0. The van der Waals surface area contributed by atoms with Gasteiger partial charge in [-0.05, 0) is 0 Å². The molecule has 1 rings (SSSR count). The molecule has 0 aromatic carbocycles. The van der Waals surface area contributed by atoms with Crippen LogP contribution in [0.25, 0.3) is 0 Å². The van der Waals surface area contributed by atoms with Gasteiger partial charge in [0, 0.05) is 0 Å². The highest BCUT2D eigenvalue weighted by molar-refractivity contribution is 5.81. The molecule has 13 heavy (non-hydrogen) atoms. The van der Waals surface area contributed by atoms with Crippen molar-refractivity contribution in [2.45, 2.75) is 12.3 Å². The van der Waals surface area contributed by atoms with Crippen molar-refractivity contribution < 1.29 is 19.8 Å². The number of hydrogen-bond donors (Lipinski definition) is 3. The summed E-state index contributed by atoms with van der Waals surface area (Å²) in [7, 11) is 0. The van der Waals surface area contributed by atoms with Crippen molar-refractivity contribution in [2.75, 3.05) is 0 Å². The van der Waals surface area contributed by atoms with Crippen LogP contribution < -0.4 is 0 Å². The van der Waals surface area contributed by atoms with Crippen molar-refractivity contribution in [2.24, 2.45) is 0 Å². The number of aromatic nitrogens is 3. The Balaban J connectivity index is 2.81. The number of rotatable bonds is 4. The SMILES string of the molecule is O=C(O)CC(C(=O)O)c1ncn[nH]1. The second-order valence-electron chi connectivity index (χ2n) is 2.36. The van der Waals surface area contributed by atoms with Gasteiger partial charge >= 0.3 is 11.9 Å². The van der Waals surface area contributed by atoms with E-state index >= 15 is 0 Å². The van der Waals surface area contributed by atoms with Gasteiger partial charge in [-0.15, -0.1) is 0 Å². The molecule has 0 aliphatic heterocycles. The van der Waals surface area contributed by atoms with Gasteiger partial charge in [-0.3, -0.25) is 14.7 Å². The molecule has 7 heteroatoms. The summed E-state index contributed by atoms with van der Waals surface area (Å²) in [4.78, 5) is 24.4. The highest BCUT2D eigenvalue weighted by atomic mass is 16.4. The Bertz CT molecular complexity index is 308. The minimum Gasteiger partial charge on any atom is -0.481 e. The molecule has 0 radical (unpaired) electrons. The van der Waals surface area contributed by atoms with Crippen LogP contribution in [0.3, 0.4) is 0 Å². The Labute approximate surface area is 72.4 Å². The van der Waals surface area contributed by atoms with E-state index < -0.39 is 24.3 Å². The molecule has 0 spiro atoms. The lowest BCUT2D eigenvalue weighted by atomic mass is 10.1. The van der Waals surface area contributed by atoms with Crippen LogP contribution in [0, 0.1) is 0 Å². The van der Waals surface area contributed by atoms with Crippen molar-refractivity contribution >= 4 is 11.9 Å². The first-order chi connectivity index (χ1) is 6.11. The van der Waals surface area contributed by atoms with Crippen LogP contribution in [-0.4, -0.2) is 37.3 Å². The summed E-state index contributed by atoms with van der Waals surface area (Å²) in [5.41, 5.74) is 0. The van der Waals surface area contributed by atoms with E-state index in [1.54, 1.807) is 0 Å². The van der Waals surface area contributed by atoms with E-state index in [9.17, 15) is 9.59 Å². The second kappa shape index (κ2) is 3.65. The third kappa shape index (κ3) is 2.26. The zero-order chi connectivity index (χ0) is 9.84. The third-order valence-corrected chi connectivity index (χ3v) is 1.44. The molecule has 1 unspecified atom stereocenters. The summed E-state index contributed by atoms with van der Waals surface area (Å²) in [6.07, 6.45) is 0.623. The van der Waals surface area contributed by atoms with Crippen molar-refractivity contribution in [3.8, 4) is 0 Å². The number of hydrogen-bond acceptors (Lipinski definition) is 4. The first-order valence-electron chi connectivity index (χ1n) is 3.41. The van der Waals surface area contributed by atoms with Gasteiger partial charge in [-0.25, -0.2) is 4.98 Å². The lowest BCUT2D eigenvalue weighted by molar-refractivity contribution is -0.145. The topological polar surface area (TPSA) is 116 Å². The number of carboxylic acid groups (broad SMARTS) is 2. The normalized spacial score (nSPS) is 12.3. The molecule has 0 aliphatic rings. The van der Waals surface area contributed by atoms with Crippen LogP contribution in [-0.2, 0) is 9.59 Å². The number of carboxylic acids is 2. The molecule has 1 aromatic heterocycles. The molecule has 7 nitrogen and oxygen atoms in total. The minimum atomic E-state index is -1.24. The minimum absolute atomic E-state index is 0.0508. The molecular formula is C6H7N3O4. The van der Waals surface area contributed by atoms with Crippen LogP contribution in [0.4, 0.5) is 0 Å². The number of aliphatic carboxylic acids is 2. The zero-order valence-corrected chi connectivity index (χ0v) is 6.47. The number of aromatic amines is 1. The fraction of sp³-hybridized carbons (Fsp3) is 0.333. The molecular weight excluding hydrogens is 178 g/mol. The van der Waals surface area contributed by atoms with E-state index in [-0.39, 0.29) is 5.82 Å². The summed E-state index contributed by atoms with van der Waals surface area (Å²) in [6, 6.07) is 0. The number of H-pyrrole nitrogens is 1. The fourth-order valence-electron chi connectivity index (χ4n) is 0.858. The zero-order valence-electron chi connectivity index (χ0n) is 6.47. The summed E-state index contributed by atoms with van der Waals surface area (Å²) in [5.74, 6) is -3.54. The van der Waals surface area contributed by atoms with Crippen molar-refractivity contribution in [1.82, 2.24) is 15.2 Å². The number of nitrogens with zero attached hydrogens (tertiary/aromatic N) is 2. The molecule has 0 fully saturated rings. The third-order valence-electron chi connectivity index (χ3n) is 1.44. The van der Waals surface area contributed by atoms with Gasteiger partial charge in [0.05, 0.1) is 6.42 Å². The average molecular weight is 185 g/mol. The molecule has 0 bridgehead atoms. The van der Waals surface area contributed by atoms with Gasteiger partial charge in [-0.2, -0.15) is 5.10 Å². The lowest BCUT2D eigenvalue weighted by Gasteiger charge is -2.04. The van der Waals surface area contributed by atoms with E-state index in [1.807, 2.05) is 0 Å². The quantitative estimate of drug-likeness (QED) is 0.579. The van der Waals surface area contributed by atoms with Gasteiger partial charge in [0.2, 0.25) is 0 Å². The Kier molecular flexibility index (Phi) is 2.58.